The van der Waals surface area contributed by atoms with E-state index in [1.165, 1.54) is 0 Å². The van der Waals surface area contributed by atoms with E-state index in [1.54, 1.807) is 7.11 Å². The highest BCUT2D eigenvalue weighted by Gasteiger charge is 2.42. The number of aromatic nitrogens is 3. The molecule has 0 aromatic carbocycles. The number of nitrogens with zero attached hydrogens (tertiary/aromatic N) is 3. The number of ether oxygens (including phenoxy) is 1. The second kappa shape index (κ2) is 3.73. The predicted octanol–water partition coefficient (Wildman–Crippen LogP) is 1.04. The van der Waals surface area contributed by atoms with Crippen molar-refractivity contribution in [3.8, 4) is 0 Å². The SMILES string of the molecule is CCc1nc(N)nc(C2(OC)CCC2)n1. The minimum atomic E-state index is -0.305. The first-order chi connectivity index (χ1) is 7.20. The summed E-state index contributed by atoms with van der Waals surface area (Å²) in [5.41, 5.74) is 5.34. The summed E-state index contributed by atoms with van der Waals surface area (Å²) in [6.45, 7) is 2.00. The van der Waals surface area contributed by atoms with Crippen LogP contribution in [-0.2, 0) is 16.8 Å². The Kier molecular flexibility index (Phi) is 2.56. The van der Waals surface area contributed by atoms with Gasteiger partial charge < -0.3 is 10.5 Å². The molecule has 0 spiro atoms. The van der Waals surface area contributed by atoms with Crippen LogP contribution in [0.5, 0.6) is 0 Å². The largest absolute Gasteiger partial charge is 0.370 e. The fraction of sp³-hybridized carbons (Fsp3) is 0.700. The Morgan fingerprint density at radius 2 is 2.07 bits per heavy atom. The van der Waals surface area contributed by atoms with Crippen molar-refractivity contribution in [1.29, 1.82) is 0 Å². The maximum atomic E-state index is 5.65. The Balaban J connectivity index is 2.38. The van der Waals surface area contributed by atoms with Crippen LogP contribution < -0.4 is 5.73 Å². The minimum absolute atomic E-state index is 0.292. The Bertz CT molecular complexity index is 357. The first kappa shape index (κ1) is 10.3. The van der Waals surface area contributed by atoms with Crippen LogP contribution in [0, 0.1) is 0 Å². The highest BCUT2D eigenvalue weighted by Crippen LogP contribution is 2.42. The standard InChI is InChI=1S/C10H16N4O/c1-3-7-12-8(14-9(11)13-7)10(15-2)5-4-6-10/h3-6H2,1-2H3,(H2,11,12,13,14). The quantitative estimate of drug-likeness (QED) is 0.803. The molecule has 0 atom stereocenters. The van der Waals surface area contributed by atoms with Crippen molar-refractivity contribution in [3.05, 3.63) is 11.6 Å². The number of hydrogen-bond donors (Lipinski definition) is 1. The Hall–Kier alpha value is -1.23. The summed E-state index contributed by atoms with van der Waals surface area (Å²) < 4.78 is 5.51. The summed E-state index contributed by atoms with van der Waals surface area (Å²) >= 11 is 0. The number of rotatable bonds is 3. The van der Waals surface area contributed by atoms with E-state index < -0.39 is 0 Å². The molecule has 1 fully saturated rings. The molecule has 0 bridgehead atoms. The molecule has 15 heavy (non-hydrogen) atoms. The highest BCUT2D eigenvalue weighted by molar-refractivity contribution is 5.20. The maximum absolute atomic E-state index is 5.65. The van der Waals surface area contributed by atoms with Crippen molar-refractivity contribution in [3.63, 3.8) is 0 Å². The topological polar surface area (TPSA) is 73.9 Å². The smallest absolute Gasteiger partial charge is 0.223 e. The second-order valence-electron chi connectivity index (χ2n) is 3.84. The van der Waals surface area contributed by atoms with Crippen LogP contribution in [0.1, 0.15) is 37.8 Å². The van der Waals surface area contributed by atoms with Crippen LogP contribution in [0.2, 0.25) is 0 Å². The molecule has 1 saturated carbocycles. The van der Waals surface area contributed by atoms with Crippen molar-refractivity contribution in [1.82, 2.24) is 15.0 Å². The predicted molar refractivity (Wildman–Crippen MR) is 56.2 cm³/mol. The van der Waals surface area contributed by atoms with Gasteiger partial charge in [-0.05, 0) is 19.3 Å². The lowest BCUT2D eigenvalue weighted by molar-refractivity contribution is -0.0848. The third-order valence-corrected chi connectivity index (χ3v) is 2.97. The van der Waals surface area contributed by atoms with E-state index in [-0.39, 0.29) is 5.60 Å². The molecule has 1 aromatic heterocycles. The van der Waals surface area contributed by atoms with Crippen LogP contribution in [0.4, 0.5) is 5.95 Å². The average Bonchev–Trinajstić information content (AvgIpc) is 2.16. The number of hydrogen-bond acceptors (Lipinski definition) is 5. The van der Waals surface area contributed by atoms with Crippen LogP contribution in [0.3, 0.4) is 0 Å². The van der Waals surface area contributed by atoms with Crippen molar-refractivity contribution in [2.24, 2.45) is 0 Å². The molecule has 0 amide bonds. The zero-order valence-corrected chi connectivity index (χ0v) is 9.16. The molecule has 0 radical (unpaired) electrons. The molecule has 1 heterocycles. The van der Waals surface area contributed by atoms with Gasteiger partial charge in [-0.25, -0.2) is 4.98 Å². The lowest BCUT2D eigenvalue weighted by Crippen LogP contribution is -2.38. The Labute approximate surface area is 89.1 Å². The lowest BCUT2D eigenvalue weighted by Gasteiger charge is -2.38. The van der Waals surface area contributed by atoms with Crippen molar-refractivity contribution in [2.45, 2.75) is 38.2 Å². The van der Waals surface area contributed by atoms with Gasteiger partial charge in [-0.15, -0.1) is 0 Å². The molecule has 2 rings (SSSR count). The van der Waals surface area contributed by atoms with Crippen molar-refractivity contribution >= 4 is 5.95 Å². The average molecular weight is 208 g/mol. The molecule has 1 aliphatic rings. The van der Waals surface area contributed by atoms with E-state index in [9.17, 15) is 0 Å². The molecule has 2 N–H and O–H groups in total. The fourth-order valence-electron chi connectivity index (χ4n) is 1.82. The number of methoxy groups -OCH3 is 1. The fourth-order valence-corrected chi connectivity index (χ4v) is 1.82. The van der Waals surface area contributed by atoms with Crippen LogP contribution in [0.15, 0.2) is 0 Å². The number of nitrogen functional groups attached to an aromatic ring is 1. The molecule has 0 saturated heterocycles. The van der Waals surface area contributed by atoms with Crippen LogP contribution >= 0.6 is 0 Å². The number of aryl methyl sites for hydroxylation is 1. The highest BCUT2D eigenvalue weighted by atomic mass is 16.5. The summed E-state index contributed by atoms with van der Waals surface area (Å²) in [7, 11) is 1.70. The molecular weight excluding hydrogens is 192 g/mol. The van der Waals surface area contributed by atoms with Gasteiger partial charge in [0.25, 0.3) is 0 Å². The van der Waals surface area contributed by atoms with Gasteiger partial charge in [0.15, 0.2) is 5.82 Å². The van der Waals surface area contributed by atoms with E-state index in [4.69, 9.17) is 10.5 Å². The zero-order chi connectivity index (χ0) is 10.9. The normalized spacial score (nSPS) is 18.5. The third kappa shape index (κ3) is 1.67. The van der Waals surface area contributed by atoms with Crippen LogP contribution in [-0.4, -0.2) is 22.1 Å². The summed E-state index contributed by atoms with van der Waals surface area (Å²) in [6, 6.07) is 0. The van der Waals surface area contributed by atoms with E-state index >= 15 is 0 Å². The van der Waals surface area contributed by atoms with Crippen molar-refractivity contribution in [2.75, 3.05) is 12.8 Å². The van der Waals surface area contributed by atoms with Gasteiger partial charge in [-0.3, -0.25) is 0 Å². The molecule has 82 valence electrons. The number of nitrogens with two attached hydrogens (primary N) is 1. The monoisotopic (exact) mass is 208 g/mol. The first-order valence-corrected chi connectivity index (χ1v) is 5.26. The molecular formula is C10H16N4O. The molecule has 5 heteroatoms. The minimum Gasteiger partial charge on any atom is -0.370 e. The summed E-state index contributed by atoms with van der Waals surface area (Å²) in [5, 5.41) is 0. The Morgan fingerprint density at radius 1 is 1.33 bits per heavy atom. The van der Waals surface area contributed by atoms with Crippen LogP contribution in [0.25, 0.3) is 0 Å². The van der Waals surface area contributed by atoms with Gasteiger partial charge in [0.05, 0.1) is 0 Å². The molecule has 0 unspecified atom stereocenters. The van der Waals surface area contributed by atoms with Gasteiger partial charge in [-0.2, -0.15) is 9.97 Å². The van der Waals surface area contributed by atoms with E-state index in [0.29, 0.717) is 11.8 Å². The van der Waals surface area contributed by atoms with E-state index in [0.717, 1.165) is 31.5 Å². The summed E-state index contributed by atoms with van der Waals surface area (Å²) in [5.74, 6) is 1.72. The molecule has 1 aromatic rings. The molecule has 0 aliphatic heterocycles. The maximum Gasteiger partial charge on any atom is 0.223 e. The van der Waals surface area contributed by atoms with Gasteiger partial charge in [0.1, 0.15) is 11.4 Å². The van der Waals surface area contributed by atoms with E-state index in [1.807, 2.05) is 6.92 Å². The van der Waals surface area contributed by atoms with Gasteiger partial charge in [-0.1, -0.05) is 6.92 Å². The van der Waals surface area contributed by atoms with E-state index in [2.05, 4.69) is 15.0 Å². The van der Waals surface area contributed by atoms with Gasteiger partial charge in [0, 0.05) is 13.5 Å². The molecule has 1 aliphatic carbocycles. The Morgan fingerprint density at radius 3 is 2.53 bits per heavy atom. The summed E-state index contributed by atoms with van der Waals surface area (Å²) in [4.78, 5) is 12.6. The van der Waals surface area contributed by atoms with Gasteiger partial charge >= 0.3 is 0 Å². The van der Waals surface area contributed by atoms with Crippen molar-refractivity contribution < 1.29 is 4.74 Å². The lowest BCUT2D eigenvalue weighted by atomic mass is 9.79. The first-order valence-electron chi connectivity index (χ1n) is 5.26. The zero-order valence-electron chi connectivity index (χ0n) is 9.16. The third-order valence-electron chi connectivity index (χ3n) is 2.97. The second-order valence-corrected chi connectivity index (χ2v) is 3.84. The number of anilines is 1. The molecule has 5 nitrogen and oxygen atoms in total. The summed E-state index contributed by atoms with van der Waals surface area (Å²) in [6.07, 6.45) is 3.85. The van der Waals surface area contributed by atoms with Gasteiger partial charge in [0.2, 0.25) is 5.95 Å².